The highest BCUT2D eigenvalue weighted by atomic mass is 35.5. The number of aromatic amines is 1. The molecular weight excluding hydrogens is 511 g/mol. The van der Waals surface area contributed by atoms with E-state index in [2.05, 4.69) is 11.9 Å². The fraction of sp³-hybridized carbons (Fsp3) is 0.172. The first kappa shape index (κ1) is 25.0. The zero-order valence-corrected chi connectivity index (χ0v) is 21.9. The fourth-order valence-electron chi connectivity index (χ4n) is 4.40. The summed E-state index contributed by atoms with van der Waals surface area (Å²) in [5, 5.41) is 1.79. The van der Waals surface area contributed by atoms with Crippen LogP contribution in [0.2, 0.25) is 5.02 Å². The maximum Gasteiger partial charge on any atom is 0.266 e. The van der Waals surface area contributed by atoms with E-state index in [9.17, 15) is 14.0 Å². The molecule has 8 heteroatoms. The second-order valence-corrected chi connectivity index (χ2v) is 10.2. The minimum Gasteiger partial charge on any atom is -0.496 e. The Kier molecular flexibility index (Phi) is 7.00. The quantitative estimate of drug-likeness (QED) is 0.246. The molecule has 188 valence electrons. The molecule has 0 aliphatic heterocycles. The van der Waals surface area contributed by atoms with Crippen molar-refractivity contribution in [3.63, 3.8) is 0 Å². The van der Waals surface area contributed by atoms with Gasteiger partial charge in [0.1, 0.15) is 16.4 Å². The van der Waals surface area contributed by atoms with Crippen LogP contribution in [0.3, 0.4) is 0 Å². The maximum absolute atomic E-state index is 13.9. The normalized spacial score (nSPS) is 11.2. The van der Waals surface area contributed by atoms with Crippen molar-refractivity contribution in [3.8, 4) is 5.75 Å². The van der Waals surface area contributed by atoms with Crippen LogP contribution in [0.1, 0.15) is 33.3 Å². The van der Waals surface area contributed by atoms with E-state index < -0.39 is 5.82 Å². The molecule has 5 aromatic rings. The van der Waals surface area contributed by atoms with E-state index in [4.69, 9.17) is 16.3 Å². The number of pyridine rings is 1. The van der Waals surface area contributed by atoms with Gasteiger partial charge in [0, 0.05) is 26.7 Å². The van der Waals surface area contributed by atoms with Crippen molar-refractivity contribution >= 4 is 49.8 Å². The number of fused-ring (bicyclic) bond motifs is 2. The third-order valence-corrected chi connectivity index (χ3v) is 8.03. The molecule has 3 aromatic carbocycles. The number of amides is 1. The van der Waals surface area contributed by atoms with E-state index in [1.165, 1.54) is 12.1 Å². The standard InChI is InChI=1S/C29H24ClFN2O3S/c1-3-17-8-11-23-19(12-17)13-20(28(34)32-23)16-33(15-18-6-4-5-7-24(18)36-2)29(35)27-26(30)22-10-9-21(31)14-25(22)37-27/h4-14H,3,15-16H2,1-2H3,(H,32,34). The number of aromatic nitrogens is 1. The lowest BCUT2D eigenvalue weighted by atomic mass is 10.1. The number of carbonyl (C=O) groups is 1. The summed E-state index contributed by atoms with van der Waals surface area (Å²) < 4.78 is 19.9. The first-order valence-corrected chi connectivity index (χ1v) is 13.0. The molecular formula is C29H24ClFN2O3S. The highest BCUT2D eigenvalue weighted by molar-refractivity contribution is 7.21. The Morgan fingerprint density at radius 2 is 1.84 bits per heavy atom. The summed E-state index contributed by atoms with van der Waals surface area (Å²) in [7, 11) is 1.57. The molecule has 0 radical (unpaired) electrons. The Bertz CT molecular complexity index is 1690. The molecule has 0 unspecified atom stereocenters. The molecule has 0 bridgehead atoms. The Morgan fingerprint density at radius 3 is 2.62 bits per heavy atom. The third kappa shape index (κ3) is 4.97. The Morgan fingerprint density at radius 1 is 1.05 bits per heavy atom. The van der Waals surface area contributed by atoms with Crippen LogP contribution in [0.4, 0.5) is 4.39 Å². The smallest absolute Gasteiger partial charge is 0.266 e. The van der Waals surface area contributed by atoms with Crippen molar-refractivity contribution in [2.75, 3.05) is 7.11 Å². The molecule has 5 rings (SSSR count). The molecule has 0 spiro atoms. The number of hydrogen-bond donors (Lipinski definition) is 1. The van der Waals surface area contributed by atoms with Crippen LogP contribution in [-0.2, 0) is 19.5 Å². The van der Waals surface area contributed by atoms with Gasteiger partial charge < -0.3 is 14.6 Å². The highest BCUT2D eigenvalue weighted by Gasteiger charge is 2.25. The molecule has 2 heterocycles. The predicted octanol–water partition coefficient (Wildman–Crippen LogP) is 6.95. The molecule has 0 saturated carbocycles. The van der Waals surface area contributed by atoms with Gasteiger partial charge in [-0.3, -0.25) is 9.59 Å². The molecule has 5 nitrogen and oxygen atoms in total. The van der Waals surface area contributed by atoms with Gasteiger partial charge in [-0.05, 0) is 59.8 Å². The number of carbonyl (C=O) groups excluding carboxylic acids is 1. The summed E-state index contributed by atoms with van der Waals surface area (Å²) in [4.78, 5) is 31.7. The lowest BCUT2D eigenvalue weighted by Gasteiger charge is -2.23. The third-order valence-electron chi connectivity index (χ3n) is 6.38. The summed E-state index contributed by atoms with van der Waals surface area (Å²) >= 11 is 7.74. The minimum atomic E-state index is -0.399. The molecule has 1 amide bonds. The van der Waals surface area contributed by atoms with Crippen LogP contribution < -0.4 is 10.3 Å². The number of ether oxygens (including phenoxy) is 1. The zero-order valence-electron chi connectivity index (χ0n) is 20.3. The Labute approximate surface area is 222 Å². The molecule has 0 aliphatic rings. The maximum atomic E-state index is 13.9. The van der Waals surface area contributed by atoms with Gasteiger partial charge in [-0.2, -0.15) is 0 Å². The largest absolute Gasteiger partial charge is 0.496 e. The summed E-state index contributed by atoms with van der Waals surface area (Å²) in [6, 6.07) is 19.4. The van der Waals surface area contributed by atoms with E-state index in [0.717, 1.165) is 39.8 Å². The minimum absolute atomic E-state index is 0.0530. The number of thiophene rings is 1. The second-order valence-electron chi connectivity index (χ2n) is 8.76. The van der Waals surface area contributed by atoms with E-state index in [1.54, 1.807) is 18.1 Å². The van der Waals surface area contributed by atoms with Crippen molar-refractivity contribution in [1.82, 2.24) is 9.88 Å². The second kappa shape index (κ2) is 10.4. The summed E-state index contributed by atoms with van der Waals surface area (Å²) in [6.45, 7) is 2.31. The van der Waals surface area contributed by atoms with Gasteiger partial charge >= 0.3 is 0 Å². The summed E-state index contributed by atoms with van der Waals surface area (Å²) in [6.07, 6.45) is 0.869. The summed E-state index contributed by atoms with van der Waals surface area (Å²) in [5.41, 5.74) is 2.86. The number of aryl methyl sites for hydroxylation is 1. The van der Waals surface area contributed by atoms with Crippen LogP contribution in [0.15, 0.2) is 71.5 Å². The Balaban J connectivity index is 1.59. The van der Waals surface area contributed by atoms with Gasteiger partial charge in [-0.15, -0.1) is 11.3 Å². The average molecular weight is 535 g/mol. The molecule has 2 aromatic heterocycles. The van der Waals surface area contributed by atoms with Crippen LogP contribution in [0.5, 0.6) is 5.75 Å². The van der Waals surface area contributed by atoms with Crippen molar-refractivity contribution in [3.05, 3.63) is 109 Å². The average Bonchev–Trinajstić information content (AvgIpc) is 3.23. The first-order valence-electron chi connectivity index (χ1n) is 11.8. The molecule has 0 saturated heterocycles. The van der Waals surface area contributed by atoms with E-state index in [1.807, 2.05) is 48.5 Å². The molecule has 37 heavy (non-hydrogen) atoms. The number of halogens is 2. The molecule has 0 atom stereocenters. The van der Waals surface area contributed by atoms with Gasteiger partial charge in [0.05, 0.1) is 25.2 Å². The monoisotopic (exact) mass is 534 g/mol. The number of rotatable bonds is 7. The van der Waals surface area contributed by atoms with E-state index in [0.29, 0.717) is 26.3 Å². The number of methoxy groups -OCH3 is 1. The van der Waals surface area contributed by atoms with Gasteiger partial charge in [0.15, 0.2) is 0 Å². The number of para-hydroxylation sites is 1. The number of benzene rings is 3. The molecule has 0 aliphatic carbocycles. The highest BCUT2D eigenvalue weighted by Crippen LogP contribution is 2.37. The van der Waals surface area contributed by atoms with E-state index >= 15 is 0 Å². The summed E-state index contributed by atoms with van der Waals surface area (Å²) in [5.74, 6) is -0.117. The number of nitrogens with one attached hydrogen (secondary N) is 1. The number of H-pyrrole nitrogens is 1. The van der Waals surface area contributed by atoms with Crippen LogP contribution in [0, 0.1) is 5.82 Å². The van der Waals surface area contributed by atoms with Gasteiger partial charge in [0.2, 0.25) is 0 Å². The molecule has 0 fully saturated rings. The van der Waals surface area contributed by atoms with Gasteiger partial charge in [-0.1, -0.05) is 42.8 Å². The van der Waals surface area contributed by atoms with Crippen molar-refractivity contribution in [1.29, 1.82) is 0 Å². The van der Waals surface area contributed by atoms with Crippen molar-refractivity contribution < 1.29 is 13.9 Å². The van der Waals surface area contributed by atoms with Crippen molar-refractivity contribution in [2.45, 2.75) is 26.4 Å². The first-order chi connectivity index (χ1) is 17.9. The zero-order chi connectivity index (χ0) is 26.1. The number of hydrogen-bond acceptors (Lipinski definition) is 4. The Hall–Kier alpha value is -3.68. The van der Waals surface area contributed by atoms with Crippen molar-refractivity contribution in [2.24, 2.45) is 0 Å². The van der Waals surface area contributed by atoms with Gasteiger partial charge in [-0.25, -0.2) is 4.39 Å². The number of nitrogens with zero attached hydrogens (tertiary/aromatic N) is 1. The van der Waals surface area contributed by atoms with E-state index in [-0.39, 0.29) is 29.6 Å². The predicted molar refractivity (Wildman–Crippen MR) is 147 cm³/mol. The lowest BCUT2D eigenvalue weighted by Crippen LogP contribution is -2.32. The SMILES string of the molecule is CCc1ccc2[nH]c(=O)c(CN(Cc3ccccc3OC)C(=O)c3sc4cc(F)ccc4c3Cl)cc2c1. The van der Waals surface area contributed by atoms with Crippen LogP contribution in [-0.4, -0.2) is 22.9 Å². The van der Waals surface area contributed by atoms with Gasteiger partial charge in [0.25, 0.3) is 11.5 Å². The fourth-order valence-corrected chi connectivity index (χ4v) is 5.91. The topological polar surface area (TPSA) is 62.4 Å². The lowest BCUT2D eigenvalue weighted by molar-refractivity contribution is 0.0733. The van der Waals surface area contributed by atoms with Crippen LogP contribution >= 0.6 is 22.9 Å². The van der Waals surface area contributed by atoms with Crippen LogP contribution in [0.25, 0.3) is 21.0 Å². The molecule has 1 N–H and O–H groups in total.